The molecule has 170 valence electrons. The number of likely N-dealkylation sites (N-methyl/N-ethyl adjacent to an activating group) is 1. The summed E-state index contributed by atoms with van der Waals surface area (Å²) in [6, 6.07) is 9.96. The molecular formula is C23H26ClN3O4S. The Hall–Kier alpha value is -2.42. The van der Waals surface area contributed by atoms with Crippen LogP contribution in [0.25, 0.3) is 0 Å². The van der Waals surface area contributed by atoms with E-state index in [4.69, 9.17) is 11.6 Å². The Morgan fingerprint density at radius 3 is 2.59 bits per heavy atom. The fourth-order valence-corrected chi connectivity index (χ4v) is 5.37. The van der Waals surface area contributed by atoms with Crippen LogP contribution in [0.2, 0.25) is 5.02 Å². The van der Waals surface area contributed by atoms with Crippen molar-refractivity contribution in [1.29, 1.82) is 0 Å². The molecule has 1 atom stereocenters. The monoisotopic (exact) mass is 475 g/mol. The highest BCUT2D eigenvalue weighted by Gasteiger charge is 2.40. The maximum atomic E-state index is 13.1. The van der Waals surface area contributed by atoms with E-state index < -0.39 is 15.9 Å². The molecule has 1 aliphatic heterocycles. The number of hydrogen-bond acceptors (Lipinski definition) is 4. The predicted octanol–water partition coefficient (Wildman–Crippen LogP) is 3.60. The lowest BCUT2D eigenvalue weighted by atomic mass is 10.1. The number of halogens is 1. The van der Waals surface area contributed by atoms with Gasteiger partial charge in [0.05, 0.1) is 11.4 Å². The number of nitrogens with one attached hydrogen (secondary N) is 1. The predicted molar refractivity (Wildman–Crippen MR) is 124 cm³/mol. The maximum absolute atomic E-state index is 13.1. The van der Waals surface area contributed by atoms with Crippen molar-refractivity contribution >= 4 is 44.8 Å². The number of aryl methyl sites for hydroxylation is 1. The van der Waals surface area contributed by atoms with Crippen molar-refractivity contribution in [3.05, 3.63) is 52.5 Å². The van der Waals surface area contributed by atoms with Crippen LogP contribution >= 0.6 is 11.6 Å². The van der Waals surface area contributed by atoms with Crippen molar-refractivity contribution < 1.29 is 18.0 Å². The zero-order valence-corrected chi connectivity index (χ0v) is 19.8. The molecule has 1 unspecified atom stereocenters. The summed E-state index contributed by atoms with van der Waals surface area (Å²) in [5.41, 5.74) is 2.98. The van der Waals surface area contributed by atoms with Gasteiger partial charge >= 0.3 is 0 Å². The van der Waals surface area contributed by atoms with E-state index in [0.717, 1.165) is 34.0 Å². The summed E-state index contributed by atoms with van der Waals surface area (Å²) >= 11 is 5.98. The van der Waals surface area contributed by atoms with Crippen molar-refractivity contribution in [3.63, 3.8) is 0 Å². The average molecular weight is 476 g/mol. The second-order valence-electron chi connectivity index (χ2n) is 8.59. The van der Waals surface area contributed by atoms with Gasteiger partial charge in [-0.1, -0.05) is 17.7 Å². The van der Waals surface area contributed by atoms with Gasteiger partial charge in [0.25, 0.3) is 0 Å². The summed E-state index contributed by atoms with van der Waals surface area (Å²) < 4.78 is 27.2. The van der Waals surface area contributed by atoms with Gasteiger partial charge < -0.3 is 10.2 Å². The number of carbonyl (C=O) groups is 2. The summed E-state index contributed by atoms with van der Waals surface area (Å²) in [4.78, 5) is 27.0. The lowest BCUT2D eigenvalue weighted by Gasteiger charge is -2.23. The van der Waals surface area contributed by atoms with Crippen LogP contribution in [-0.4, -0.2) is 44.2 Å². The number of rotatable bonds is 6. The number of fused-ring (bicyclic) bond motifs is 1. The minimum atomic E-state index is -3.88. The van der Waals surface area contributed by atoms with Crippen LogP contribution in [-0.2, 0) is 26.0 Å². The van der Waals surface area contributed by atoms with E-state index in [-0.39, 0.29) is 29.3 Å². The highest BCUT2D eigenvalue weighted by molar-refractivity contribution is 7.89. The Balaban J connectivity index is 1.49. The van der Waals surface area contributed by atoms with Crippen LogP contribution in [0.3, 0.4) is 0 Å². The fraction of sp³-hybridized carbons (Fsp3) is 0.391. The molecule has 1 N–H and O–H groups in total. The van der Waals surface area contributed by atoms with Crippen LogP contribution < -0.4 is 10.2 Å². The highest BCUT2D eigenvalue weighted by Crippen LogP contribution is 2.39. The molecule has 2 amide bonds. The second kappa shape index (κ2) is 8.50. The standard InChI is InChI=1S/C23H26ClN3O4S/c1-14-4-7-18(24)12-20(14)25-22(28)13-26(3)32(30,31)19-8-9-21-17(11-19)10-15(2)27(21)23(29)16-5-6-16/h4,7-9,11-12,15-16H,5-6,10,13H2,1-3H3,(H,25,28). The first-order valence-corrected chi connectivity index (χ1v) is 12.4. The van der Waals surface area contributed by atoms with Gasteiger partial charge in [0.15, 0.2) is 0 Å². The average Bonchev–Trinajstić information content (AvgIpc) is 3.52. The minimum Gasteiger partial charge on any atom is -0.325 e. The summed E-state index contributed by atoms with van der Waals surface area (Å²) in [5.74, 6) is -0.242. The SMILES string of the molecule is Cc1ccc(Cl)cc1NC(=O)CN(C)S(=O)(=O)c1ccc2c(c1)CC(C)N2C(=O)C1CC1. The quantitative estimate of drug-likeness (QED) is 0.691. The molecule has 7 nitrogen and oxygen atoms in total. The molecular weight excluding hydrogens is 450 g/mol. The van der Waals surface area contributed by atoms with E-state index >= 15 is 0 Å². The van der Waals surface area contributed by atoms with Crippen molar-refractivity contribution in [2.75, 3.05) is 23.8 Å². The summed E-state index contributed by atoms with van der Waals surface area (Å²) in [6.07, 6.45) is 2.45. The zero-order chi connectivity index (χ0) is 23.2. The van der Waals surface area contributed by atoms with Gasteiger partial charge in [0, 0.05) is 35.4 Å². The van der Waals surface area contributed by atoms with Gasteiger partial charge in [-0.25, -0.2) is 8.42 Å². The van der Waals surface area contributed by atoms with E-state index in [1.807, 2.05) is 13.8 Å². The third kappa shape index (κ3) is 4.40. The molecule has 0 bridgehead atoms. The number of carbonyl (C=O) groups excluding carboxylic acids is 2. The molecule has 0 radical (unpaired) electrons. The van der Waals surface area contributed by atoms with Crippen molar-refractivity contribution in [2.45, 2.75) is 44.0 Å². The molecule has 1 aliphatic carbocycles. The Morgan fingerprint density at radius 1 is 1.19 bits per heavy atom. The Bertz CT molecular complexity index is 1190. The van der Waals surface area contributed by atoms with Gasteiger partial charge in [-0.15, -0.1) is 0 Å². The van der Waals surface area contributed by atoms with Crippen LogP contribution in [0.15, 0.2) is 41.3 Å². The van der Waals surface area contributed by atoms with Crippen molar-refractivity contribution in [3.8, 4) is 0 Å². The molecule has 1 fully saturated rings. The fourth-order valence-electron chi connectivity index (χ4n) is 4.02. The van der Waals surface area contributed by atoms with E-state index in [0.29, 0.717) is 17.1 Å². The number of hydrogen-bond donors (Lipinski definition) is 1. The summed E-state index contributed by atoms with van der Waals surface area (Å²) in [5, 5.41) is 3.19. The van der Waals surface area contributed by atoms with Gasteiger partial charge in [-0.05, 0) is 74.6 Å². The Kier molecular flexibility index (Phi) is 6.04. The van der Waals surface area contributed by atoms with E-state index in [1.165, 1.54) is 13.1 Å². The first-order valence-electron chi connectivity index (χ1n) is 10.6. The van der Waals surface area contributed by atoms with E-state index in [2.05, 4.69) is 5.32 Å². The first-order chi connectivity index (χ1) is 15.1. The Morgan fingerprint density at radius 2 is 1.91 bits per heavy atom. The molecule has 2 aromatic rings. The van der Waals surface area contributed by atoms with Crippen LogP contribution in [0.5, 0.6) is 0 Å². The number of amides is 2. The van der Waals surface area contributed by atoms with Crippen molar-refractivity contribution in [1.82, 2.24) is 4.31 Å². The molecule has 32 heavy (non-hydrogen) atoms. The lowest BCUT2D eigenvalue weighted by molar-refractivity contribution is -0.120. The van der Waals surface area contributed by atoms with Gasteiger partial charge in [-0.2, -0.15) is 4.31 Å². The van der Waals surface area contributed by atoms with Crippen molar-refractivity contribution in [2.24, 2.45) is 5.92 Å². The van der Waals surface area contributed by atoms with E-state index in [9.17, 15) is 18.0 Å². The minimum absolute atomic E-state index is 0.000461. The molecule has 2 aliphatic rings. The lowest BCUT2D eigenvalue weighted by Crippen LogP contribution is -2.36. The van der Waals surface area contributed by atoms with Crippen LogP contribution in [0.1, 0.15) is 30.9 Å². The maximum Gasteiger partial charge on any atom is 0.243 e. The number of sulfonamides is 1. The van der Waals surface area contributed by atoms with Gasteiger partial charge in [0.1, 0.15) is 0 Å². The molecule has 2 aromatic carbocycles. The molecule has 9 heteroatoms. The number of benzene rings is 2. The highest BCUT2D eigenvalue weighted by atomic mass is 35.5. The Labute approximate surface area is 193 Å². The van der Waals surface area contributed by atoms with Crippen LogP contribution in [0, 0.1) is 12.8 Å². The normalized spacial score (nSPS) is 18.0. The summed E-state index contributed by atoms with van der Waals surface area (Å²) in [7, 11) is -2.51. The smallest absolute Gasteiger partial charge is 0.243 e. The molecule has 0 aromatic heterocycles. The molecule has 1 saturated carbocycles. The number of nitrogens with zero attached hydrogens (tertiary/aromatic N) is 2. The zero-order valence-electron chi connectivity index (χ0n) is 18.3. The van der Waals surface area contributed by atoms with Crippen LogP contribution in [0.4, 0.5) is 11.4 Å². The van der Waals surface area contributed by atoms with E-state index in [1.54, 1.807) is 35.2 Å². The number of anilines is 2. The topological polar surface area (TPSA) is 86.8 Å². The largest absolute Gasteiger partial charge is 0.325 e. The second-order valence-corrected chi connectivity index (χ2v) is 11.1. The first kappa shape index (κ1) is 22.8. The third-order valence-corrected chi connectivity index (χ3v) is 8.01. The van der Waals surface area contributed by atoms with Gasteiger partial charge in [-0.3, -0.25) is 9.59 Å². The molecule has 1 heterocycles. The molecule has 0 saturated heterocycles. The molecule has 0 spiro atoms. The third-order valence-electron chi connectivity index (χ3n) is 5.98. The van der Waals surface area contributed by atoms with Gasteiger partial charge in [0.2, 0.25) is 21.8 Å². The molecule has 4 rings (SSSR count). The summed E-state index contributed by atoms with van der Waals surface area (Å²) in [6.45, 7) is 3.46.